The molecule has 1 fully saturated rings. The van der Waals surface area contributed by atoms with Crippen molar-refractivity contribution >= 4 is 34.9 Å². The Morgan fingerprint density at radius 3 is 2.12 bits per heavy atom. The summed E-state index contributed by atoms with van der Waals surface area (Å²) in [5, 5.41) is 0.802. The van der Waals surface area contributed by atoms with Gasteiger partial charge in [0.2, 0.25) is 0 Å². The summed E-state index contributed by atoms with van der Waals surface area (Å²) in [5.41, 5.74) is -0.854. The monoisotopic (exact) mass is 490 g/mol. The standard InChI is InChI=1S/C23H24Cl2N4O4/c1-14(2)13-26-20(30)27(17-9-5-7-15(24)11-17)19(23(26,3)4)29-21(31)28(22(32)33-29)18-10-6-8-16(25)12-18/h5-12,14,19H,13H2,1-4H3/t19-/m1/s1. The number of hydrogen-bond donors (Lipinski definition) is 0. The maximum absolute atomic E-state index is 13.6. The van der Waals surface area contributed by atoms with E-state index in [-0.39, 0.29) is 17.6 Å². The number of hydrogen-bond acceptors (Lipinski definition) is 4. The highest BCUT2D eigenvalue weighted by atomic mass is 35.5. The number of halogens is 2. The molecular formula is C23H24Cl2N4O4. The van der Waals surface area contributed by atoms with Crippen LogP contribution in [0.1, 0.15) is 33.9 Å². The molecule has 1 aromatic heterocycles. The van der Waals surface area contributed by atoms with Gasteiger partial charge in [-0.3, -0.25) is 4.90 Å². The fourth-order valence-corrected chi connectivity index (χ4v) is 4.58. The largest absolute Gasteiger partial charge is 0.447 e. The first-order valence-electron chi connectivity index (χ1n) is 10.5. The van der Waals surface area contributed by atoms with E-state index in [1.807, 2.05) is 27.7 Å². The van der Waals surface area contributed by atoms with Gasteiger partial charge >= 0.3 is 17.5 Å². The van der Waals surface area contributed by atoms with Crippen LogP contribution in [0.25, 0.3) is 5.69 Å². The van der Waals surface area contributed by atoms with Crippen LogP contribution in [-0.4, -0.2) is 32.3 Å². The molecule has 3 aromatic rings. The van der Waals surface area contributed by atoms with Gasteiger partial charge in [-0.05, 0) is 56.2 Å². The van der Waals surface area contributed by atoms with Crippen LogP contribution in [-0.2, 0) is 0 Å². The highest BCUT2D eigenvalue weighted by Crippen LogP contribution is 2.43. The van der Waals surface area contributed by atoms with Gasteiger partial charge < -0.3 is 9.42 Å². The van der Waals surface area contributed by atoms with Crippen LogP contribution in [0.3, 0.4) is 0 Å². The van der Waals surface area contributed by atoms with Crippen molar-refractivity contribution in [2.24, 2.45) is 5.92 Å². The van der Waals surface area contributed by atoms with Crippen LogP contribution in [0.15, 0.2) is 62.6 Å². The first-order chi connectivity index (χ1) is 15.5. The number of benzene rings is 2. The van der Waals surface area contributed by atoms with E-state index in [0.717, 1.165) is 9.31 Å². The third-order valence-electron chi connectivity index (χ3n) is 5.67. The lowest BCUT2D eigenvalue weighted by molar-refractivity contribution is 0.0905. The zero-order valence-electron chi connectivity index (χ0n) is 18.7. The summed E-state index contributed by atoms with van der Waals surface area (Å²) in [4.78, 5) is 43.0. The normalized spacial score (nSPS) is 17.9. The van der Waals surface area contributed by atoms with Crippen LogP contribution in [0.2, 0.25) is 10.0 Å². The molecule has 1 saturated heterocycles. The molecule has 0 aliphatic carbocycles. The molecule has 2 aromatic carbocycles. The summed E-state index contributed by atoms with van der Waals surface area (Å²) in [5.74, 6) is -0.702. The number of carbonyl (C=O) groups excluding carboxylic acids is 1. The van der Waals surface area contributed by atoms with Crippen LogP contribution < -0.4 is 16.3 Å². The van der Waals surface area contributed by atoms with Crippen molar-refractivity contribution in [3.63, 3.8) is 0 Å². The zero-order valence-corrected chi connectivity index (χ0v) is 20.2. The van der Waals surface area contributed by atoms with Crippen molar-refractivity contribution in [2.75, 3.05) is 11.4 Å². The second kappa shape index (κ2) is 8.43. The number of urea groups is 1. The number of rotatable bonds is 5. The van der Waals surface area contributed by atoms with E-state index in [0.29, 0.717) is 22.3 Å². The number of nitrogens with zero attached hydrogens (tertiary/aromatic N) is 4. The summed E-state index contributed by atoms with van der Waals surface area (Å²) in [6, 6.07) is 12.8. The Kier molecular flexibility index (Phi) is 5.92. The van der Waals surface area contributed by atoms with Crippen molar-refractivity contribution in [1.29, 1.82) is 0 Å². The van der Waals surface area contributed by atoms with E-state index in [1.54, 1.807) is 47.4 Å². The highest BCUT2D eigenvalue weighted by molar-refractivity contribution is 6.31. The van der Waals surface area contributed by atoms with Crippen molar-refractivity contribution in [1.82, 2.24) is 14.2 Å². The molecule has 0 N–H and O–H groups in total. The second-order valence-electron chi connectivity index (χ2n) is 8.95. The summed E-state index contributed by atoms with van der Waals surface area (Å²) < 4.78 is 7.32. The number of carbonyl (C=O) groups is 1. The third-order valence-corrected chi connectivity index (χ3v) is 6.14. The molecule has 0 saturated carbocycles. The molecule has 10 heteroatoms. The molecule has 0 bridgehead atoms. The molecular weight excluding hydrogens is 467 g/mol. The Balaban J connectivity index is 1.93. The van der Waals surface area contributed by atoms with Crippen molar-refractivity contribution < 1.29 is 9.32 Å². The minimum absolute atomic E-state index is 0.174. The topological polar surface area (TPSA) is 80.7 Å². The average molecular weight is 491 g/mol. The third kappa shape index (κ3) is 3.98. The second-order valence-corrected chi connectivity index (χ2v) is 9.82. The molecule has 8 nitrogen and oxygen atoms in total. The zero-order chi connectivity index (χ0) is 24.1. The molecule has 1 aliphatic heterocycles. The minimum Gasteiger partial charge on any atom is -0.315 e. The number of aromatic nitrogens is 2. The van der Waals surface area contributed by atoms with E-state index in [2.05, 4.69) is 0 Å². The van der Waals surface area contributed by atoms with Gasteiger partial charge in [-0.25, -0.2) is 14.4 Å². The first kappa shape index (κ1) is 23.2. The van der Waals surface area contributed by atoms with Crippen LogP contribution in [0.4, 0.5) is 10.5 Å². The van der Waals surface area contributed by atoms with Crippen LogP contribution in [0, 0.1) is 5.92 Å². The predicted octanol–water partition coefficient (Wildman–Crippen LogP) is 4.77. The molecule has 1 aliphatic rings. The van der Waals surface area contributed by atoms with E-state index < -0.39 is 23.2 Å². The van der Waals surface area contributed by atoms with Crippen molar-refractivity contribution in [3.05, 3.63) is 79.6 Å². The highest BCUT2D eigenvalue weighted by Gasteiger charge is 2.55. The lowest BCUT2D eigenvalue weighted by Gasteiger charge is -2.34. The summed E-state index contributed by atoms with van der Waals surface area (Å²) >= 11 is 12.3. The number of amides is 2. The van der Waals surface area contributed by atoms with E-state index in [1.165, 1.54) is 11.0 Å². The molecule has 4 rings (SSSR count). The summed E-state index contributed by atoms with van der Waals surface area (Å²) in [7, 11) is 0. The molecule has 174 valence electrons. The molecule has 33 heavy (non-hydrogen) atoms. The molecule has 2 amide bonds. The van der Waals surface area contributed by atoms with Crippen molar-refractivity contribution in [3.8, 4) is 5.69 Å². The first-order valence-corrected chi connectivity index (χ1v) is 11.2. The Labute approximate surface area is 200 Å². The lowest BCUT2D eigenvalue weighted by atomic mass is 9.99. The number of anilines is 1. The Morgan fingerprint density at radius 2 is 1.55 bits per heavy atom. The summed E-state index contributed by atoms with van der Waals surface area (Å²) in [6.45, 7) is 8.13. The molecule has 0 radical (unpaired) electrons. The van der Waals surface area contributed by atoms with Crippen LogP contribution in [0.5, 0.6) is 0 Å². The molecule has 0 unspecified atom stereocenters. The predicted molar refractivity (Wildman–Crippen MR) is 128 cm³/mol. The van der Waals surface area contributed by atoms with Gasteiger partial charge in [-0.15, -0.1) is 4.74 Å². The minimum atomic E-state index is -0.942. The Morgan fingerprint density at radius 1 is 0.970 bits per heavy atom. The van der Waals surface area contributed by atoms with Gasteiger partial charge in [0, 0.05) is 22.3 Å². The smallest absolute Gasteiger partial charge is 0.315 e. The van der Waals surface area contributed by atoms with Crippen LogP contribution >= 0.6 is 23.2 Å². The maximum atomic E-state index is 13.6. The van der Waals surface area contributed by atoms with Gasteiger partial charge in [-0.1, -0.05) is 49.2 Å². The SMILES string of the molecule is CC(C)CN1C(=O)N(c2cccc(Cl)c2)[C@H](n2oc(=O)n(-c3cccc(Cl)c3)c2=O)C1(C)C. The van der Waals surface area contributed by atoms with Gasteiger partial charge in [0.15, 0.2) is 6.17 Å². The molecule has 2 heterocycles. The van der Waals surface area contributed by atoms with Gasteiger partial charge in [0.05, 0.1) is 11.2 Å². The Bertz CT molecular complexity index is 1320. The lowest BCUT2D eigenvalue weighted by Crippen LogP contribution is -2.48. The van der Waals surface area contributed by atoms with E-state index in [4.69, 9.17) is 27.7 Å². The van der Waals surface area contributed by atoms with Gasteiger partial charge in [0.25, 0.3) is 0 Å². The quantitative estimate of drug-likeness (QED) is 0.515. The molecule has 1 atom stereocenters. The summed E-state index contributed by atoms with van der Waals surface area (Å²) in [6.07, 6.45) is -0.942. The fourth-order valence-electron chi connectivity index (χ4n) is 4.21. The average Bonchev–Trinajstić information content (AvgIpc) is 3.12. The fraction of sp³-hybridized carbons (Fsp3) is 0.348. The van der Waals surface area contributed by atoms with Gasteiger partial charge in [-0.2, -0.15) is 4.57 Å². The van der Waals surface area contributed by atoms with Crippen molar-refractivity contribution in [2.45, 2.75) is 39.4 Å². The van der Waals surface area contributed by atoms with E-state index in [9.17, 15) is 14.4 Å². The van der Waals surface area contributed by atoms with Gasteiger partial charge in [0.1, 0.15) is 0 Å². The van der Waals surface area contributed by atoms with E-state index >= 15 is 0 Å². The Hall–Kier alpha value is -2.97. The maximum Gasteiger partial charge on any atom is 0.447 e. The molecule has 0 spiro atoms.